The highest BCUT2D eigenvalue weighted by atomic mass is 19.1. The van der Waals surface area contributed by atoms with Crippen LogP contribution < -0.4 is 0 Å². The molecule has 1 N–H and O–H groups in total. The number of aliphatic carboxylic acids is 1. The highest BCUT2D eigenvalue weighted by Gasteiger charge is 2.71. The number of aromatic nitrogens is 2. The van der Waals surface area contributed by atoms with Gasteiger partial charge in [0.2, 0.25) is 0 Å². The van der Waals surface area contributed by atoms with Gasteiger partial charge in [0.1, 0.15) is 5.82 Å². The Hall–Kier alpha value is -3.56. The van der Waals surface area contributed by atoms with Gasteiger partial charge >= 0.3 is 5.97 Å². The number of carboxylic acid groups (broad SMARTS) is 1. The zero-order chi connectivity index (χ0) is 28.5. The van der Waals surface area contributed by atoms with E-state index in [2.05, 4.69) is 17.1 Å². The van der Waals surface area contributed by atoms with Crippen LogP contribution >= 0.6 is 0 Å². The predicted molar refractivity (Wildman–Crippen MR) is 148 cm³/mol. The fourth-order valence-corrected chi connectivity index (χ4v) is 7.83. The van der Waals surface area contributed by atoms with Gasteiger partial charge in [0, 0.05) is 42.0 Å². The smallest absolute Gasteiger partial charge is 0.332 e. The first-order valence-electron chi connectivity index (χ1n) is 14.5. The summed E-state index contributed by atoms with van der Waals surface area (Å²) in [5.74, 6) is -2.15. The van der Waals surface area contributed by atoms with E-state index >= 15 is 4.39 Å². The monoisotopic (exact) mass is 559 g/mol. The third kappa shape index (κ3) is 3.89. The number of rotatable bonds is 10. The first-order valence-corrected chi connectivity index (χ1v) is 14.5. The van der Waals surface area contributed by atoms with Crippen LogP contribution in [0.2, 0.25) is 0 Å². The molecule has 214 valence electrons. The van der Waals surface area contributed by atoms with Crippen LogP contribution in [0.1, 0.15) is 78.4 Å². The molecule has 8 nitrogen and oxygen atoms in total. The number of carbonyl (C=O) groups is 2. The van der Waals surface area contributed by atoms with E-state index < -0.39 is 23.7 Å². The predicted octanol–water partition coefficient (Wildman–Crippen LogP) is 5.24. The molecular formula is C32H34FN3O5. The van der Waals surface area contributed by atoms with Crippen molar-refractivity contribution in [1.29, 1.82) is 0 Å². The van der Waals surface area contributed by atoms with E-state index in [9.17, 15) is 14.7 Å². The number of carboxylic acids is 1. The molecule has 0 radical (unpaired) electrons. The number of aryl methyl sites for hydroxylation is 1. The molecule has 1 aromatic heterocycles. The first-order chi connectivity index (χ1) is 19.8. The molecule has 3 heterocycles. The lowest BCUT2D eigenvalue weighted by Gasteiger charge is -2.72. The van der Waals surface area contributed by atoms with Crippen LogP contribution in [0, 0.1) is 11.2 Å². The number of benzene rings is 2. The van der Waals surface area contributed by atoms with Gasteiger partial charge in [-0.25, -0.2) is 14.2 Å². The van der Waals surface area contributed by atoms with Crippen molar-refractivity contribution in [3.63, 3.8) is 0 Å². The van der Waals surface area contributed by atoms with Gasteiger partial charge in [-0.15, -0.1) is 0 Å². The number of nitrogens with zero attached hydrogens (tertiary/aromatic N) is 3. The van der Waals surface area contributed by atoms with Crippen LogP contribution in [0.15, 0.2) is 42.7 Å². The molecule has 0 spiro atoms. The van der Waals surface area contributed by atoms with Gasteiger partial charge in [0.15, 0.2) is 12.3 Å². The SMILES string of the molecule is CCOC(OCC)C12CC(c3ccc(-c4cc(F)c5c(c4)C(=O)N(C(C(=O)O)c4ncn6c4CCC6)C5)cc3)(C1)C2. The fraction of sp³-hybridized carbons (Fsp3) is 0.469. The molecule has 1 amide bonds. The molecule has 8 rings (SSSR count). The van der Waals surface area contributed by atoms with Crippen molar-refractivity contribution in [1.82, 2.24) is 14.5 Å². The van der Waals surface area contributed by atoms with E-state index in [1.54, 1.807) is 12.4 Å². The number of hydrogen-bond donors (Lipinski definition) is 1. The van der Waals surface area contributed by atoms with Gasteiger partial charge in [0.05, 0.1) is 18.6 Å². The van der Waals surface area contributed by atoms with E-state index in [-0.39, 0.29) is 34.8 Å². The molecule has 3 fully saturated rings. The number of halogens is 1. The maximum atomic E-state index is 15.4. The third-order valence-electron chi connectivity index (χ3n) is 9.65. The number of ether oxygens (including phenoxy) is 2. The van der Waals surface area contributed by atoms with E-state index in [1.165, 1.54) is 16.5 Å². The molecule has 2 bridgehead atoms. The summed E-state index contributed by atoms with van der Waals surface area (Å²) in [5.41, 5.74) is 4.57. The maximum absolute atomic E-state index is 15.4. The Morgan fingerprint density at radius 1 is 1.10 bits per heavy atom. The number of amides is 1. The summed E-state index contributed by atoms with van der Waals surface area (Å²) >= 11 is 0. The van der Waals surface area contributed by atoms with Gasteiger partial charge in [-0.2, -0.15) is 0 Å². The number of fused-ring (bicyclic) bond motifs is 2. The molecule has 2 aromatic carbocycles. The highest BCUT2D eigenvalue weighted by Crippen LogP contribution is 2.75. The summed E-state index contributed by atoms with van der Waals surface area (Å²) in [5, 5.41) is 10.1. The lowest BCUT2D eigenvalue weighted by molar-refractivity contribution is -0.306. The van der Waals surface area contributed by atoms with Crippen molar-refractivity contribution in [2.24, 2.45) is 5.41 Å². The van der Waals surface area contributed by atoms with Gasteiger partial charge in [-0.3, -0.25) is 4.79 Å². The van der Waals surface area contributed by atoms with Crippen LogP contribution in [-0.2, 0) is 39.2 Å². The lowest BCUT2D eigenvalue weighted by Crippen LogP contribution is -2.70. The van der Waals surface area contributed by atoms with Crippen LogP contribution in [-0.4, -0.2) is 50.9 Å². The van der Waals surface area contributed by atoms with Crippen LogP contribution in [0.25, 0.3) is 11.1 Å². The molecule has 3 saturated carbocycles. The average Bonchev–Trinajstić information content (AvgIpc) is 3.60. The zero-order valence-electron chi connectivity index (χ0n) is 23.4. The second kappa shape index (κ2) is 9.49. The van der Waals surface area contributed by atoms with E-state index in [0.717, 1.165) is 43.5 Å². The molecule has 2 aliphatic heterocycles. The Bertz CT molecular complexity index is 1520. The summed E-state index contributed by atoms with van der Waals surface area (Å²) < 4.78 is 29.1. The van der Waals surface area contributed by atoms with Crippen molar-refractivity contribution in [2.45, 2.75) is 76.8 Å². The summed E-state index contributed by atoms with van der Waals surface area (Å²) in [6, 6.07) is 10.1. The van der Waals surface area contributed by atoms with Gasteiger partial charge in [0.25, 0.3) is 5.91 Å². The lowest BCUT2D eigenvalue weighted by atomic mass is 9.33. The topological polar surface area (TPSA) is 93.9 Å². The zero-order valence-corrected chi connectivity index (χ0v) is 23.4. The third-order valence-corrected chi connectivity index (χ3v) is 9.65. The summed E-state index contributed by atoms with van der Waals surface area (Å²) in [6.07, 6.45) is 6.20. The number of hydrogen-bond acceptors (Lipinski definition) is 5. The minimum absolute atomic E-state index is 0.1000. The quantitative estimate of drug-likeness (QED) is 0.342. The van der Waals surface area contributed by atoms with Crippen molar-refractivity contribution >= 4 is 11.9 Å². The van der Waals surface area contributed by atoms with Crippen LogP contribution in [0.5, 0.6) is 0 Å². The summed E-state index contributed by atoms with van der Waals surface area (Å²) in [7, 11) is 0. The Morgan fingerprint density at radius 2 is 1.80 bits per heavy atom. The van der Waals surface area contributed by atoms with Crippen LogP contribution in [0.3, 0.4) is 0 Å². The Kier molecular flexibility index (Phi) is 6.10. The standard InChI is InChI=1S/C32H34FN3O5/c1-3-40-30(41-4-2)32-15-31(16-32,17-32)21-9-7-19(8-10-21)20-12-22-23(24(33)13-20)14-36(28(22)37)27(29(38)39)26-25-6-5-11-35(25)18-34-26/h7-10,12-13,18,27,30H,3-6,11,14-17H2,1-2H3,(H,38,39). The first kappa shape index (κ1) is 26.3. The van der Waals surface area contributed by atoms with Crippen LogP contribution in [0.4, 0.5) is 4.39 Å². The average molecular weight is 560 g/mol. The molecule has 41 heavy (non-hydrogen) atoms. The van der Waals surface area contributed by atoms with Gasteiger partial charge in [-0.05, 0) is 80.2 Å². The second-order valence-electron chi connectivity index (χ2n) is 12.0. The Balaban J connectivity index is 1.11. The molecule has 3 aliphatic carbocycles. The molecule has 1 unspecified atom stereocenters. The Labute approximate surface area is 238 Å². The fourth-order valence-electron chi connectivity index (χ4n) is 7.83. The molecular weight excluding hydrogens is 525 g/mol. The molecule has 5 aliphatic rings. The minimum atomic E-state index is -1.26. The Morgan fingerprint density at radius 3 is 2.46 bits per heavy atom. The number of imidazole rings is 1. The van der Waals surface area contributed by atoms with Crippen molar-refractivity contribution in [3.05, 3.63) is 76.6 Å². The molecule has 3 aromatic rings. The molecule has 1 atom stereocenters. The molecule has 9 heteroatoms. The largest absolute Gasteiger partial charge is 0.479 e. The van der Waals surface area contributed by atoms with Crippen molar-refractivity contribution < 1.29 is 28.6 Å². The number of carbonyl (C=O) groups excluding carboxylic acids is 1. The van der Waals surface area contributed by atoms with E-state index in [4.69, 9.17) is 9.47 Å². The highest BCUT2D eigenvalue weighted by molar-refractivity contribution is 6.01. The van der Waals surface area contributed by atoms with Crippen molar-refractivity contribution in [3.8, 4) is 11.1 Å². The van der Waals surface area contributed by atoms with E-state index in [1.807, 2.05) is 30.5 Å². The normalized spacial score (nSPS) is 24.7. The van der Waals surface area contributed by atoms with Gasteiger partial charge in [-0.1, -0.05) is 24.3 Å². The van der Waals surface area contributed by atoms with Crippen molar-refractivity contribution in [2.75, 3.05) is 13.2 Å². The minimum Gasteiger partial charge on any atom is -0.479 e. The summed E-state index contributed by atoms with van der Waals surface area (Å²) in [4.78, 5) is 31.5. The molecule has 0 saturated heterocycles. The van der Waals surface area contributed by atoms with Gasteiger partial charge < -0.3 is 24.0 Å². The van der Waals surface area contributed by atoms with E-state index in [0.29, 0.717) is 30.9 Å². The second-order valence-corrected chi connectivity index (χ2v) is 12.0. The maximum Gasteiger partial charge on any atom is 0.332 e. The summed E-state index contributed by atoms with van der Waals surface area (Å²) in [6.45, 7) is 5.94.